The first kappa shape index (κ1) is 38.9. The first-order valence-electron chi connectivity index (χ1n) is 18.9. The fourth-order valence-corrected chi connectivity index (χ4v) is 10.4. The van der Waals surface area contributed by atoms with Crippen molar-refractivity contribution >= 4 is 83.0 Å². The maximum Gasteiger partial charge on any atom is 0.264 e. The molecular weight excluding hydrogens is 743 g/mol. The van der Waals surface area contributed by atoms with Crippen LogP contribution < -0.4 is 4.90 Å². The van der Waals surface area contributed by atoms with Crippen molar-refractivity contribution in [3.05, 3.63) is 132 Å². The van der Waals surface area contributed by atoms with Crippen LogP contribution in [-0.4, -0.2) is 69.5 Å². The smallest absolute Gasteiger partial charge is 0.264 e. The van der Waals surface area contributed by atoms with E-state index in [4.69, 9.17) is 12.2 Å². The summed E-state index contributed by atoms with van der Waals surface area (Å²) in [5.41, 5.74) is 6.50. The van der Waals surface area contributed by atoms with Crippen molar-refractivity contribution in [3.63, 3.8) is 0 Å². The second kappa shape index (κ2) is 15.7. The maximum absolute atomic E-state index is 13.3. The highest BCUT2D eigenvalue weighted by Crippen LogP contribution is 2.51. The van der Waals surface area contributed by atoms with E-state index in [9.17, 15) is 17.8 Å². The van der Waals surface area contributed by atoms with Crippen LogP contribution in [0, 0.1) is 0 Å². The van der Waals surface area contributed by atoms with E-state index in [1.54, 1.807) is 16.7 Å². The van der Waals surface area contributed by atoms with Gasteiger partial charge in [-0.25, -0.2) is 0 Å². The van der Waals surface area contributed by atoms with E-state index in [0.717, 1.165) is 28.5 Å². The third-order valence-corrected chi connectivity index (χ3v) is 13.3. The molecule has 10 heteroatoms. The lowest BCUT2D eigenvalue weighted by Gasteiger charge is -2.27. The van der Waals surface area contributed by atoms with Crippen LogP contribution >= 0.6 is 24.0 Å². The third kappa shape index (κ3) is 7.74. The molecule has 4 aromatic carbocycles. The summed E-state index contributed by atoms with van der Waals surface area (Å²) in [6.45, 7) is 10.9. The minimum Gasteiger partial charge on any atom is -0.343 e. The van der Waals surface area contributed by atoms with E-state index in [2.05, 4.69) is 134 Å². The fourth-order valence-electron chi connectivity index (χ4n) is 8.56. The average Bonchev–Trinajstić information content (AvgIpc) is 3.75. The number of benzene rings is 4. The van der Waals surface area contributed by atoms with Crippen LogP contribution in [0.4, 0.5) is 11.4 Å². The van der Waals surface area contributed by atoms with Crippen LogP contribution in [0.25, 0.3) is 21.5 Å². The lowest BCUT2D eigenvalue weighted by Crippen LogP contribution is -2.34. The Bertz CT molecular complexity index is 2460. The number of carbonyl (C=O) groups is 1. The SMILES string of the molecule is CC1(C)C(/C=C/C=C/C=C/C=C2/N(CCC(=O)N3CCSC3=S)c3ccc4ccccc4c3C2(C)C)=[N+](CCCCS(=O)(=O)O)c2ccc3ccccc3c21. The molecule has 0 saturated carbocycles. The van der Waals surface area contributed by atoms with Gasteiger partial charge in [0, 0.05) is 66.2 Å². The van der Waals surface area contributed by atoms with Crippen molar-refractivity contribution in [3.8, 4) is 0 Å². The Kier molecular flexibility index (Phi) is 11.1. The molecular formula is C45H48N3O4S3+. The summed E-state index contributed by atoms with van der Waals surface area (Å²) in [7, 11) is -4.00. The minimum atomic E-state index is -4.00. The number of fused-ring (bicyclic) bond motifs is 6. The van der Waals surface area contributed by atoms with Crippen LogP contribution in [0.1, 0.15) is 58.1 Å². The van der Waals surface area contributed by atoms with Gasteiger partial charge in [-0.2, -0.15) is 13.0 Å². The molecule has 0 radical (unpaired) electrons. The second-order valence-corrected chi connectivity index (χ2v) is 18.7. The van der Waals surface area contributed by atoms with Gasteiger partial charge in [0.15, 0.2) is 5.71 Å². The number of allylic oxidation sites excluding steroid dienone is 8. The molecule has 55 heavy (non-hydrogen) atoms. The first-order chi connectivity index (χ1) is 26.3. The topological polar surface area (TPSA) is 80.9 Å². The summed E-state index contributed by atoms with van der Waals surface area (Å²) < 4.78 is 35.1. The van der Waals surface area contributed by atoms with Crippen LogP contribution in [0.3, 0.4) is 0 Å². The normalized spacial score (nSPS) is 18.7. The number of unbranched alkanes of at least 4 members (excludes halogenated alkanes) is 1. The number of carbonyl (C=O) groups excluding carboxylic acids is 1. The van der Waals surface area contributed by atoms with Crippen LogP contribution in [-0.2, 0) is 25.7 Å². The van der Waals surface area contributed by atoms with Gasteiger partial charge >= 0.3 is 0 Å². The molecule has 284 valence electrons. The van der Waals surface area contributed by atoms with Gasteiger partial charge in [0.1, 0.15) is 10.9 Å². The molecule has 0 bridgehead atoms. The maximum atomic E-state index is 13.3. The summed E-state index contributed by atoms with van der Waals surface area (Å²) in [6.07, 6.45) is 16.0. The van der Waals surface area contributed by atoms with Gasteiger partial charge in [0.25, 0.3) is 10.1 Å². The number of hydrogen-bond acceptors (Lipinski definition) is 6. The number of rotatable bonds is 12. The third-order valence-electron chi connectivity index (χ3n) is 11.1. The Labute approximate surface area is 334 Å². The summed E-state index contributed by atoms with van der Waals surface area (Å²) in [5.74, 6) is 0.685. The van der Waals surface area contributed by atoms with Gasteiger partial charge in [0.05, 0.1) is 11.2 Å². The van der Waals surface area contributed by atoms with Crippen LogP contribution in [0.2, 0.25) is 0 Å². The fraction of sp³-hybridized carbons (Fsp3) is 0.311. The molecule has 7 nitrogen and oxygen atoms in total. The summed E-state index contributed by atoms with van der Waals surface area (Å²) >= 11 is 7.02. The van der Waals surface area contributed by atoms with E-state index in [-0.39, 0.29) is 22.5 Å². The number of thioether (sulfide) groups is 1. The highest BCUT2D eigenvalue weighted by atomic mass is 32.2. The molecule has 0 unspecified atom stereocenters. The molecule has 1 saturated heterocycles. The zero-order valence-corrected chi connectivity index (χ0v) is 34.3. The second-order valence-electron chi connectivity index (χ2n) is 15.4. The summed E-state index contributed by atoms with van der Waals surface area (Å²) in [6, 6.07) is 25.6. The Morgan fingerprint density at radius 1 is 0.855 bits per heavy atom. The number of nitrogens with zero attached hydrogens (tertiary/aromatic N) is 3. The van der Waals surface area contributed by atoms with Gasteiger partial charge in [0.2, 0.25) is 11.6 Å². The van der Waals surface area contributed by atoms with Gasteiger partial charge in [-0.05, 0) is 65.6 Å². The molecule has 3 aliphatic heterocycles. The standard InChI is InChI=1S/C45H47N3O4S3/c1-44(2)38(46(27-14-15-31-55(50,51)52)36-24-22-32-16-10-12-18-34(32)41(36)44)20-8-6-5-7-9-21-39-45(3,4)42-35-19-13-11-17-33(35)23-25-37(42)47(39)28-26-40(49)48-29-30-54-43(48)53/h5-13,16-25H,14-15,26-31H2,1-4H3/p+1. The van der Waals surface area contributed by atoms with E-state index >= 15 is 0 Å². The molecule has 3 heterocycles. The van der Waals surface area contributed by atoms with E-state index in [1.165, 1.54) is 32.7 Å². The quantitative estimate of drug-likeness (QED) is 0.0504. The lowest BCUT2D eigenvalue weighted by molar-refractivity contribution is -0.438. The molecule has 0 aromatic heterocycles. The minimum absolute atomic E-state index is 0.0721. The van der Waals surface area contributed by atoms with Crippen molar-refractivity contribution in [2.45, 2.75) is 57.8 Å². The molecule has 3 aliphatic rings. The first-order valence-corrected chi connectivity index (χ1v) is 21.9. The average molecular weight is 791 g/mol. The van der Waals surface area contributed by atoms with Crippen molar-refractivity contribution in [1.29, 1.82) is 0 Å². The Morgan fingerprint density at radius 3 is 2.20 bits per heavy atom. The van der Waals surface area contributed by atoms with Gasteiger partial charge < -0.3 is 4.90 Å². The molecule has 0 aliphatic carbocycles. The van der Waals surface area contributed by atoms with E-state index < -0.39 is 10.1 Å². The van der Waals surface area contributed by atoms with Crippen LogP contribution in [0.15, 0.2) is 121 Å². The largest absolute Gasteiger partial charge is 0.343 e. The molecule has 4 aromatic rings. The predicted octanol–water partition coefficient (Wildman–Crippen LogP) is 9.64. The van der Waals surface area contributed by atoms with E-state index in [0.29, 0.717) is 43.2 Å². The van der Waals surface area contributed by atoms with Gasteiger partial charge in [-0.3, -0.25) is 14.2 Å². The number of hydrogen-bond donors (Lipinski definition) is 1. The van der Waals surface area contributed by atoms with Gasteiger partial charge in [-0.1, -0.05) is 123 Å². The molecule has 0 spiro atoms. The Hall–Kier alpha value is -4.35. The van der Waals surface area contributed by atoms with Crippen molar-refractivity contribution in [2.24, 2.45) is 0 Å². The zero-order valence-electron chi connectivity index (χ0n) is 31.9. The monoisotopic (exact) mass is 790 g/mol. The van der Waals surface area contributed by atoms with Crippen molar-refractivity contribution < 1.29 is 22.3 Å². The highest BCUT2D eigenvalue weighted by molar-refractivity contribution is 8.23. The Balaban J connectivity index is 1.14. The molecule has 1 amide bonds. The molecule has 1 fully saturated rings. The number of thiocarbonyl (C=S) groups is 1. The number of anilines is 1. The number of amides is 1. The molecule has 0 atom stereocenters. The summed E-state index contributed by atoms with van der Waals surface area (Å²) in [4.78, 5) is 17.3. The van der Waals surface area contributed by atoms with Crippen LogP contribution in [0.5, 0.6) is 0 Å². The molecule has 7 rings (SSSR count). The predicted molar refractivity (Wildman–Crippen MR) is 234 cm³/mol. The van der Waals surface area contributed by atoms with Crippen molar-refractivity contribution in [2.75, 3.05) is 36.0 Å². The van der Waals surface area contributed by atoms with Crippen molar-refractivity contribution in [1.82, 2.24) is 4.90 Å². The van der Waals surface area contributed by atoms with Gasteiger partial charge in [-0.15, -0.1) is 0 Å². The zero-order chi connectivity index (χ0) is 39.0. The summed E-state index contributed by atoms with van der Waals surface area (Å²) in [5, 5.41) is 4.83. The van der Waals surface area contributed by atoms with E-state index in [1.807, 2.05) is 18.2 Å². The highest BCUT2D eigenvalue weighted by Gasteiger charge is 2.45. The lowest BCUT2D eigenvalue weighted by atomic mass is 9.79. The molecule has 1 N–H and O–H groups in total. The Morgan fingerprint density at radius 2 is 1.51 bits per heavy atom.